The molecular formula is C13H19N3O. The normalized spacial score (nSPS) is 10.2. The molecule has 0 saturated heterocycles. The number of nitrogens with one attached hydrogen (secondary N) is 1. The van der Waals surface area contributed by atoms with E-state index < -0.39 is 0 Å². The zero-order chi connectivity index (χ0) is 12.5. The predicted octanol–water partition coefficient (Wildman–Crippen LogP) is 1.55. The zero-order valence-electron chi connectivity index (χ0n) is 10.4. The molecule has 0 atom stereocenters. The van der Waals surface area contributed by atoms with Crippen LogP contribution in [-0.2, 0) is 4.74 Å². The summed E-state index contributed by atoms with van der Waals surface area (Å²) in [5.41, 5.74) is 1.69. The van der Waals surface area contributed by atoms with Crippen molar-refractivity contribution in [3.05, 3.63) is 29.8 Å². The molecule has 0 fully saturated rings. The van der Waals surface area contributed by atoms with Crippen LogP contribution in [0.5, 0.6) is 0 Å². The van der Waals surface area contributed by atoms with Crippen molar-refractivity contribution < 1.29 is 4.74 Å². The van der Waals surface area contributed by atoms with Crippen LogP contribution in [0.4, 0.5) is 5.69 Å². The van der Waals surface area contributed by atoms with Crippen LogP contribution in [0.3, 0.4) is 0 Å². The third-order valence-electron chi connectivity index (χ3n) is 2.27. The van der Waals surface area contributed by atoms with Crippen molar-refractivity contribution in [2.75, 3.05) is 45.7 Å². The molecule has 4 nitrogen and oxygen atoms in total. The van der Waals surface area contributed by atoms with Crippen LogP contribution in [0.1, 0.15) is 5.56 Å². The Kier molecular flexibility index (Phi) is 6.08. The average Bonchev–Trinajstić information content (AvgIpc) is 2.34. The van der Waals surface area contributed by atoms with Gasteiger partial charge in [-0.15, -0.1) is 0 Å². The van der Waals surface area contributed by atoms with Crippen molar-refractivity contribution in [3.8, 4) is 6.07 Å². The minimum absolute atomic E-state index is 0.679. The molecule has 4 heteroatoms. The molecule has 0 aliphatic heterocycles. The number of hydrogen-bond donors (Lipinski definition) is 1. The van der Waals surface area contributed by atoms with Crippen LogP contribution in [0.25, 0.3) is 0 Å². The molecule has 1 aromatic carbocycles. The van der Waals surface area contributed by atoms with E-state index in [0.717, 1.165) is 25.4 Å². The number of nitriles is 1. The van der Waals surface area contributed by atoms with Crippen LogP contribution in [-0.4, -0.2) is 45.3 Å². The summed E-state index contributed by atoms with van der Waals surface area (Å²) in [6.45, 7) is 3.16. The first-order valence-electron chi connectivity index (χ1n) is 5.69. The highest BCUT2D eigenvalue weighted by Crippen LogP contribution is 2.07. The smallest absolute Gasteiger partial charge is 0.0991 e. The van der Waals surface area contributed by atoms with E-state index in [9.17, 15) is 0 Å². The first-order chi connectivity index (χ1) is 8.22. The Hall–Kier alpha value is -1.57. The molecule has 17 heavy (non-hydrogen) atoms. The summed E-state index contributed by atoms with van der Waals surface area (Å²) in [5.74, 6) is 0. The van der Waals surface area contributed by atoms with Crippen LogP contribution in [0.2, 0.25) is 0 Å². The summed E-state index contributed by atoms with van der Waals surface area (Å²) >= 11 is 0. The molecule has 0 aliphatic carbocycles. The number of hydrogen-bond acceptors (Lipinski definition) is 4. The van der Waals surface area contributed by atoms with Crippen molar-refractivity contribution in [1.82, 2.24) is 4.90 Å². The van der Waals surface area contributed by atoms with Gasteiger partial charge < -0.3 is 15.0 Å². The third-order valence-corrected chi connectivity index (χ3v) is 2.27. The summed E-state index contributed by atoms with van der Waals surface area (Å²) in [6.07, 6.45) is 0. The van der Waals surface area contributed by atoms with Gasteiger partial charge in [-0.25, -0.2) is 0 Å². The molecule has 0 amide bonds. The van der Waals surface area contributed by atoms with Gasteiger partial charge in [-0.2, -0.15) is 5.26 Å². The predicted molar refractivity (Wildman–Crippen MR) is 69.0 cm³/mol. The van der Waals surface area contributed by atoms with Gasteiger partial charge in [0, 0.05) is 18.8 Å². The van der Waals surface area contributed by atoms with Gasteiger partial charge in [0.2, 0.25) is 0 Å². The lowest BCUT2D eigenvalue weighted by Gasteiger charge is -2.10. The minimum Gasteiger partial charge on any atom is -0.383 e. The lowest BCUT2D eigenvalue weighted by Crippen LogP contribution is -2.20. The van der Waals surface area contributed by atoms with E-state index in [1.54, 1.807) is 12.1 Å². The number of rotatable bonds is 7. The van der Waals surface area contributed by atoms with E-state index in [4.69, 9.17) is 10.00 Å². The molecule has 1 N–H and O–H groups in total. The Morgan fingerprint density at radius 3 is 2.53 bits per heavy atom. The largest absolute Gasteiger partial charge is 0.383 e. The van der Waals surface area contributed by atoms with Gasteiger partial charge in [-0.1, -0.05) is 0 Å². The van der Waals surface area contributed by atoms with E-state index >= 15 is 0 Å². The summed E-state index contributed by atoms with van der Waals surface area (Å²) in [4.78, 5) is 2.09. The quantitative estimate of drug-likeness (QED) is 0.726. The fourth-order valence-electron chi connectivity index (χ4n) is 1.28. The fourth-order valence-corrected chi connectivity index (χ4v) is 1.28. The molecule has 0 unspecified atom stereocenters. The topological polar surface area (TPSA) is 48.3 Å². The van der Waals surface area contributed by atoms with E-state index in [2.05, 4.69) is 16.3 Å². The molecular weight excluding hydrogens is 214 g/mol. The molecule has 0 saturated carbocycles. The molecule has 0 aliphatic rings. The van der Waals surface area contributed by atoms with Gasteiger partial charge in [0.25, 0.3) is 0 Å². The molecule has 1 aromatic rings. The first-order valence-corrected chi connectivity index (χ1v) is 5.69. The highest BCUT2D eigenvalue weighted by Gasteiger charge is 1.94. The zero-order valence-corrected chi connectivity index (χ0v) is 10.4. The third kappa shape index (κ3) is 5.91. The maximum atomic E-state index is 8.65. The molecule has 0 heterocycles. The van der Waals surface area contributed by atoms with Crippen LogP contribution in [0.15, 0.2) is 24.3 Å². The van der Waals surface area contributed by atoms with Gasteiger partial charge in [0.15, 0.2) is 0 Å². The Bertz CT molecular complexity index is 354. The summed E-state index contributed by atoms with van der Waals surface area (Å²) in [5, 5.41) is 11.9. The highest BCUT2D eigenvalue weighted by molar-refractivity contribution is 5.46. The van der Waals surface area contributed by atoms with Crippen molar-refractivity contribution in [2.45, 2.75) is 0 Å². The van der Waals surface area contributed by atoms with Crippen LogP contribution >= 0.6 is 0 Å². The molecule has 1 rings (SSSR count). The standard InChI is InChI=1S/C13H19N3O/c1-16(2)8-10-17-9-7-15-13-5-3-12(11-14)4-6-13/h3-6,15H,7-10H2,1-2H3. The summed E-state index contributed by atoms with van der Waals surface area (Å²) in [7, 11) is 4.05. The van der Waals surface area contributed by atoms with E-state index in [1.807, 2.05) is 26.2 Å². The SMILES string of the molecule is CN(C)CCOCCNc1ccc(C#N)cc1. The average molecular weight is 233 g/mol. The second-order valence-corrected chi connectivity index (χ2v) is 4.03. The maximum Gasteiger partial charge on any atom is 0.0991 e. The maximum absolute atomic E-state index is 8.65. The van der Waals surface area contributed by atoms with Gasteiger partial charge in [-0.05, 0) is 38.4 Å². The van der Waals surface area contributed by atoms with Gasteiger partial charge >= 0.3 is 0 Å². The number of anilines is 1. The number of ether oxygens (including phenoxy) is 1. The summed E-state index contributed by atoms with van der Waals surface area (Å²) in [6, 6.07) is 9.50. The van der Waals surface area contributed by atoms with Crippen molar-refractivity contribution in [2.24, 2.45) is 0 Å². The summed E-state index contributed by atoms with van der Waals surface area (Å²) < 4.78 is 5.45. The van der Waals surface area contributed by atoms with E-state index in [-0.39, 0.29) is 0 Å². The van der Waals surface area contributed by atoms with Gasteiger partial charge in [-0.3, -0.25) is 0 Å². The molecule has 0 aromatic heterocycles. The fraction of sp³-hybridized carbons (Fsp3) is 0.462. The number of likely N-dealkylation sites (N-methyl/N-ethyl adjacent to an activating group) is 1. The number of benzene rings is 1. The lowest BCUT2D eigenvalue weighted by molar-refractivity contribution is 0.126. The highest BCUT2D eigenvalue weighted by atomic mass is 16.5. The Morgan fingerprint density at radius 2 is 1.94 bits per heavy atom. The lowest BCUT2D eigenvalue weighted by atomic mass is 10.2. The second kappa shape index (κ2) is 7.66. The molecule has 0 radical (unpaired) electrons. The number of nitrogens with zero attached hydrogens (tertiary/aromatic N) is 2. The van der Waals surface area contributed by atoms with Gasteiger partial charge in [0.05, 0.1) is 24.8 Å². The monoisotopic (exact) mass is 233 g/mol. The van der Waals surface area contributed by atoms with Crippen LogP contribution < -0.4 is 5.32 Å². The Balaban J connectivity index is 2.12. The van der Waals surface area contributed by atoms with Crippen molar-refractivity contribution >= 4 is 5.69 Å². The minimum atomic E-state index is 0.679. The van der Waals surface area contributed by atoms with Crippen molar-refractivity contribution in [3.63, 3.8) is 0 Å². The first kappa shape index (κ1) is 13.5. The van der Waals surface area contributed by atoms with Crippen LogP contribution in [0, 0.1) is 11.3 Å². The van der Waals surface area contributed by atoms with E-state index in [1.165, 1.54) is 0 Å². The molecule has 0 bridgehead atoms. The second-order valence-electron chi connectivity index (χ2n) is 4.03. The molecule has 0 spiro atoms. The van der Waals surface area contributed by atoms with Crippen molar-refractivity contribution in [1.29, 1.82) is 5.26 Å². The van der Waals surface area contributed by atoms with Gasteiger partial charge in [0.1, 0.15) is 0 Å². The van der Waals surface area contributed by atoms with E-state index in [0.29, 0.717) is 12.2 Å². The molecule has 92 valence electrons. The Labute approximate surface area is 103 Å². The Morgan fingerprint density at radius 1 is 1.24 bits per heavy atom.